The van der Waals surface area contributed by atoms with Gasteiger partial charge in [0.15, 0.2) is 0 Å². The molecule has 2 aromatic rings. The topological polar surface area (TPSA) is 111 Å². The second kappa shape index (κ2) is 9.38. The Morgan fingerprint density at radius 3 is 2.48 bits per heavy atom. The fraction of sp³-hybridized carbons (Fsp3) is 0.316. The number of sulfonamides is 1. The van der Waals surface area contributed by atoms with Crippen LogP contribution in [0, 0.1) is 6.92 Å². The summed E-state index contributed by atoms with van der Waals surface area (Å²) in [6, 6.07) is 11.2. The molecule has 0 radical (unpaired) electrons. The number of ether oxygens (including phenoxy) is 1. The first-order valence-corrected chi connectivity index (χ1v) is 10.2. The normalized spacial score (nSPS) is 11.1. The third-order valence-corrected chi connectivity index (χ3v) is 5.35. The van der Waals surface area contributed by atoms with Crippen molar-refractivity contribution in [1.29, 1.82) is 0 Å². The first-order valence-electron chi connectivity index (χ1n) is 8.72. The molecule has 0 saturated heterocycles. The molecule has 146 valence electrons. The molecule has 0 unspecified atom stereocenters. The Hall–Kier alpha value is -2.58. The largest absolute Gasteiger partial charge is 0.494 e. The van der Waals surface area contributed by atoms with E-state index in [1.54, 1.807) is 43.3 Å². The SMILES string of the molecule is CCOc1ccc(NS(=O)(=O)c2cc(C(=O)NCCCN)ccc2C)cc1. The van der Waals surface area contributed by atoms with E-state index in [0.29, 0.717) is 43.1 Å². The fourth-order valence-corrected chi connectivity index (χ4v) is 3.76. The van der Waals surface area contributed by atoms with Gasteiger partial charge in [0, 0.05) is 17.8 Å². The number of benzene rings is 2. The lowest BCUT2D eigenvalue weighted by atomic mass is 10.1. The Morgan fingerprint density at radius 1 is 1.15 bits per heavy atom. The van der Waals surface area contributed by atoms with Gasteiger partial charge >= 0.3 is 0 Å². The molecule has 0 bridgehead atoms. The quantitative estimate of drug-likeness (QED) is 0.568. The Bertz CT molecular complexity index is 880. The van der Waals surface area contributed by atoms with Crippen molar-refractivity contribution >= 4 is 21.6 Å². The number of amides is 1. The maximum absolute atomic E-state index is 12.8. The van der Waals surface area contributed by atoms with E-state index in [2.05, 4.69) is 10.0 Å². The van der Waals surface area contributed by atoms with E-state index in [9.17, 15) is 13.2 Å². The number of carbonyl (C=O) groups is 1. The number of anilines is 1. The summed E-state index contributed by atoms with van der Waals surface area (Å²) in [5.74, 6) is 0.328. The van der Waals surface area contributed by atoms with Crippen molar-refractivity contribution in [3.05, 3.63) is 53.6 Å². The van der Waals surface area contributed by atoms with Gasteiger partial charge in [-0.3, -0.25) is 9.52 Å². The molecule has 0 aliphatic carbocycles. The fourth-order valence-electron chi connectivity index (χ4n) is 2.43. The van der Waals surface area contributed by atoms with E-state index >= 15 is 0 Å². The van der Waals surface area contributed by atoms with Gasteiger partial charge < -0.3 is 15.8 Å². The van der Waals surface area contributed by atoms with Crippen LogP contribution in [-0.2, 0) is 10.0 Å². The lowest BCUT2D eigenvalue weighted by Gasteiger charge is -2.13. The molecule has 0 heterocycles. The van der Waals surface area contributed by atoms with Crippen LogP contribution in [-0.4, -0.2) is 34.0 Å². The summed E-state index contributed by atoms with van der Waals surface area (Å²) in [6.45, 7) is 5.00. The molecule has 0 spiro atoms. The van der Waals surface area contributed by atoms with Crippen molar-refractivity contribution in [2.45, 2.75) is 25.2 Å². The van der Waals surface area contributed by atoms with Gasteiger partial charge in [0.05, 0.1) is 11.5 Å². The molecule has 4 N–H and O–H groups in total. The highest BCUT2D eigenvalue weighted by Gasteiger charge is 2.19. The second-order valence-electron chi connectivity index (χ2n) is 5.94. The highest BCUT2D eigenvalue weighted by molar-refractivity contribution is 7.92. The number of rotatable bonds is 9. The molecule has 27 heavy (non-hydrogen) atoms. The van der Waals surface area contributed by atoms with Crippen LogP contribution in [0.4, 0.5) is 5.69 Å². The van der Waals surface area contributed by atoms with Crippen molar-refractivity contribution in [2.24, 2.45) is 5.73 Å². The van der Waals surface area contributed by atoms with Crippen LogP contribution in [0.3, 0.4) is 0 Å². The van der Waals surface area contributed by atoms with E-state index in [4.69, 9.17) is 10.5 Å². The van der Waals surface area contributed by atoms with Gasteiger partial charge in [0.25, 0.3) is 15.9 Å². The minimum Gasteiger partial charge on any atom is -0.494 e. The Morgan fingerprint density at radius 2 is 1.85 bits per heavy atom. The van der Waals surface area contributed by atoms with Gasteiger partial charge in [0.2, 0.25) is 0 Å². The molecular formula is C19H25N3O4S. The molecular weight excluding hydrogens is 366 g/mol. The summed E-state index contributed by atoms with van der Waals surface area (Å²) < 4.78 is 33.4. The highest BCUT2D eigenvalue weighted by Crippen LogP contribution is 2.22. The Balaban J connectivity index is 2.21. The molecule has 0 aliphatic rings. The lowest BCUT2D eigenvalue weighted by molar-refractivity contribution is 0.0953. The molecule has 0 aromatic heterocycles. The summed E-state index contributed by atoms with van der Waals surface area (Å²) in [7, 11) is -3.84. The molecule has 8 heteroatoms. The Labute approximate surface area is 160 Å². The van der Waals surface area contributed by atoms with Gasteiger partial charge in [-0.05, 0) is 68.8 Å². The highest BCUT2D eigenvalue weighted by atomic mass is 32.2. The molecule has 2 rings (SSSR count). The molecule has 0 aliphatic heterocycles. The molecule has 0 fully saturated rings. The molecule has 0 saturated carbocycles. The number of hydrogen-bond acceptors (Lipinski definition) is 5. The standard InChI is InChI=1S/C19H25N3O4S/c1-3-26-17-9-7-16(8-10-17)22-27(24,25)18-13-15(6-5-14(18)2)19(23)21-12-4-11-20/h5-10,13,22H,3-4,11-12,20H2,1-2H3,(H,21,23). The third-order valence-electron chi connectivity index (χ3n) is 3.82. The average molecular weight is 391 g/mol. The number of nitrogens with two attached hydrogens (primary N) is 1. The predicted octanol–water partition coefficient (Wildman–Crippen LogP) is 2.27. The number of carbonyl (C=O) groups excluding carboxylic acids is 1. The van der Waals surface area contributed by atoms with Crippen molar-refractivity contribution < 1.29 is 17.9 Å². The van der Waals surface area contributed by atoms with Crippen LogP contribution >= 0.6 is 0 Å². The van der Waals surface area contributed by atoms with Crippen LogP contribution in [0.1, 0.15) is 29.3 Å². The van der Waals surface area contributed by atoms with Crippen LogP contribution in [0.5, 0.6) is 5.75 Å². The summed E-state index contributed by atoms with van der Waals surface area (Å²) in [6.07, 6.45) is 0.655. The van der Waals surface area contributed by atoms with Gasteiger partial charge in [-0.1, -0.05) is 6.07 Å². The van der Waals surface area contributed by atoms with Crippen molar-refractivity contribution in [1.82, 2.24) is 5.32 Å². The Kier molecular flexibility index (Phi) is 7.20. The zero-order valence-corrected chi connectivity index (χ0v) is 16.3. The van der Waals surface area contributed by atoms with Crippen molar-refractivity contribution in [3.8, 4) is 5.75 Å². The molecule has 1 amide bonds. The van der Waals surface area contributed by atoms with Gasteiger partial charge in [-0.25, -0.2) is 8.42 Å². The first kappa shape index (κ1) is 20.7. The van der Waals surface area contributed by atoms with Crippen molar-refractivity contribution in [3.63, 3.8) is 0 Å². The summed E-state index contributed by atoms with van der Waals surface area (Å²) in [5, 5.41) is 2.72. The summed E-state index contributed by atoms with van der Waals surface area (Å²) in [4.78, 5) is 12.2. The van der Waals surface area contributed by atoms with E-state index in [1.165, 1.54) is 6.07 Å². The smallest absolute Gasteiger partial charge is 0.262 e. The second-order valence-corrected chi connectivity index (χ2v) is 7.59. The van der Waals surface area contributed by atoms with Crippen LogP contribution in [0.2, 0.25) is 0 Å². The summed E-state index contributed by atoms with van der Waals surface area (Å²) >= 11 is 0. The van der Waals surface area contributed by atoms with Crippen molar-refractivity contribution in [2.75, 3.05) is 24.4 Å². The minimum absolute atomic E-state index is 0.0582. The van der Waals surface area contributed by atoms with Crippen LogP contribution in [0.15, 0.2) is 47.4 Å². The minimum atomic E-state index is -3.84. The van der Waals surface area contributed by atoms with Crippen LogP contribution in [0.25, 0.3) is 0 Å². The van der Waals surface area contributed by atoms with E-state index in [1.807, 2.05) is 6.92 Å². The lowest BCUT2D eigenvalue weighted by Crippen LogP contribution is -2.26. The van der Waals surface area contributed by atoms with E-state index in [-0.39, 0.29) is 16.4 Å². The number of aryl methyl sites for hydroxylation is 1. The average Bonchev–Trinajstić information content (AvgIpc) is 2.63. The molecule has 7 nitrogen and oxygen atoms in total. The van der Waals surface area contributed by atoms with E-state index < -0.39 is 10.0 Å². The zero-order chi connectivity index (χ0) is 19.9. The number of hydrogen-bond donors (Lipinski definition) is 3. The monoisotopic (exact) mass is 391 g/mol. The molecule has 2 aromatic carbocycles. The zero-order valence-electron chi connectivity index (χ0n) is 15.5. The van der Waals surface area contributed by atoms with Crippen LogP contribution < -0.4 is 20.5 Å². The predicted molar refractivity (Wildman–Crippen MR) is 106 cm³/mol. The third kappa shape index (κ3) is 5.70. The van der Waals surface area contributed by atoms with Gasteiger partial charge in [-0.15, -0.1) is 0 Å². The maximum atomic E-state index is 12.8. The van der Waals surface area contributed by atoms with Gasteiger partial charge in [0.1, 0.15) is 5.75 Å². The first-order chi connectivity index (χ1) is 12.9. The summed E-state index contributed by atoms with van der Waals surface area (Å²) in [5.41, 5.74) is 6.65. The van der Waals surface area contributed by atoms with Gasteiger partial charge in [-0.2, -0.15) is 0 Å². The molecule has 0 atom stereocenters. The maximum Gasteiger partial charge on any atom is 0.262 e. The number of nitrogens with one attached hydrogen (secondary N) is 2. The van der Waals surface area contributed by atoms with E-state index in [0.717, 1.165) is 0 Å².